The van der Waals surface area contributed by atoms with Crippen LogP contribution in [0.5, 0.6) is 5.75 Å². The minimum absolute atomic E-state index is 0.300. The van der Waals surface area contributed by atoms with Crippen molar-refractivity contribution in [2.24, 2.45) is 0 Å². The number of hydrogen-bond acceptors (Lipinski definition) is 5. The Kier molecular flexibility index (Phi) is 9.89. The second-order valence-electron chi connectivity index (χ2n) is 8.22. The molecule has 0 spiro atoms. The fraction of sp³-hybridized carbons (Fsp3) is 0.444. The van der Waals surface area contributed by atoms with Crippen LogP contribution in [0.1, 0.15) is 85.3 Å². The summed E-state index contributed by atoms with van der Waals surface area (Å²) in [6, 6.07) is 11.3. The van der Waals surface area contributed by atoms with E-state index in [-0.39, 0.29) is 5.97 Å². The molecule has 0 aliphatic rings. The summed E-state index contributed by atoms with van der Waals surface area (Å²) in [5, 5.41) is 0. The van der Waals surface area contributed by atoms with Crippen molar-refractivity contribution in [2.75, 3.05) is 0 Å². The highest BCUT2D eigenvalue weighted by Gasteiger charge is 2.12. The minimum atomic E-state index is -0.300. The van der Waals surface area contributed by atoms with Gasteiger partial charge in [-0.05, 0) is 67.6 Å². The third-order valence-corrected chi connectivity index (χ3v) is 6.61. The average Bonchev–Trinajstić information content (AvgIpc) is 3.30. The Morgan fingerprint density at radius 1 is 0.812 bits per heavy atom. The van der Waals surface area contributed by atoms with Crippen LogP contribution >= 0.6 is 11.3 Å². The molecule has 3 aromatic rings. The van der Waals surface area contributed by atoms with Gasteiger partial charge in [-0.1, -0.05) is 52.4 Å². The van der Waals surface area contributed by atoms with Crippen LogP contribution in [-0.4, -0.2) is 15.9 Å². The highest BCUT2D eigenvalue weighted by atomic mass is 32.1. The molecule has 0 atom stereocenters. The first-order valence-electron chi connectivity index (χ1n) is 11.9. The monoisotopic (exact) mass is 450 g/mol. The van der Waals surface area contributed by atoms with Crippen molar-refractivity contribution in [3.63, 3.8) is 0 Å². The molecule has 2 aromatic heterocycles. The van der Waals surface area contributed by atoms with Crippen LogP contribution in [-0.2, 0) is 12.8 Å². The summed E-state index contributed by atoms with van der Waals surface area (Å²) in [5.74, 6) is 0.918. The van der Waals surface area contributed by atoms with Gasteiger partial charge in [-0.25, -0.2) is 14.8 Å². The van der Waals surface area contributed by atoms with Crippen molar-refractivity contribution in [2.45, 2.75) is 78.1 Å². The Bertz CT molecular complexity index is 949. The Hall–Kier alpha value is -2.53. The Labute approximate surface area is 196 Å². The van der Waals surface area contributed by atoms with E-state index < -0.39 is 0 Å². The summed E-state index contributed by atoms with van der Waals surface area (Å²) in [4.78, 5) is 23.4. The summed E-state index contributed by atoms with van der Waals surface area (Å²) < 4.78 is 5.56. The molecule has 0 aliphatic heterocycles. The van der Waals surface area contributed by atoms with Gasteiger partial charge in [0.15, 0.2) is 5.82 Å². The molecule has 32 heavy (non-hydrogen) atoms. The Balaban J connectivity index is 1.51. The zero-order chi connectivity index (χ0) is 22.6. The third-order valence-electron chi connectivity index (χ3n) is 5.49. The lowest BCUT2D eigenvalue weighted by molar-refractivity contribution is 0.0740. The van der Waals surface area contributed by atoms with E-state index in [1.165, 1.54) is 73.1 Å². The molecule has 0 fully saturated rings. The topological polar surface area (TPSA) is 52.1 Å². The van der Waals surface area contributed by atoms with Crippen LogP contribution in [0.3, 0.4) is 0 Å². The quantitative estimate of drug-likeness (QED) is 0.152. The van der Waals surface area contributed by atoms with Gasteiger partial charge >= 0.3 is 5.97 Å². The summed E-state index contributed by atoms with van der Waals surface area (Å²) in [6.45, 7) is 4.43. The number of carbonyl (C=O) groups is 1. The van der Waals surface area contributed by atoms with Crippen molar-refractivity contribution in [3.8, 4) is 17.1 Å². The van der Waals surface area contributed by atoms with E-state index in [0.29, 0.717) is 16.5 Å². The van der Waals surface area contributed by atoms with Gasteiger partial charge in [-0.2, -0.15) is 0 Å². The average molecular weight is 451 g/mol. The lowest BCUT2D eigenvalue weighted by Gasteiger charge is -2.05. The van der Waals surface area contributed by atoms with Crippen LogP contribution in [0.15, 0.2) is 48.8 Å². The summed E-state index contributed by atoms with van der Waals surface area (Å²) >= 11 is 1.53. The molecule has 4 nitrogen and oxygen atoms in total. The number of thiophene rings is 1. The zero-order valence-corrected chi connectivity index (χ0v) is 20.1. The maximum Gasteiger partial charge on any atom is 0.353 e. The molecule has 0 saturated heterocycles. The van der Waals surface area contributed by atoms with Crippen molar-refractivity contribution in [3.05, 3.63) is 64.1 Å². The van der Waals surface area contributed by atoms with E-state index >= 15 is 0 Å². The van der Waals surface area contributed by atoms with E-state index in [2.05, 4.69) is 23.8 Å². The molecule has 0 bridgehead atoms. The molecule has 0 aliphatic carbocycles. The fourth-order valence-corrected chi connectivity index (χ4v) is 4.49. The van der Waals surface area contributed by atoms with Gasteiger partial charge in [0.2, 0.25) is 0 Å². The van der Waals surface area contributed by atoms with Crippen LogP contribution in [0.2, 0.25) is 0 Å². The molecular weight excluding hydrogens is 416 g/mol. The predicted octanol–water partition coefficient (Wildman–Crippen LogP) is 7.67. The van der Waals surface area contributed by atoms with Gasteiger partial charge in [0.1, 0.15) is 10.6 Å². The highest BCUT2D eigenvalue weighted by Crippen LogP contribution is 2.23. The zero-order valence-electron chi connectivity index (χ0n) is 19.3. The minimum Gasteiger partial charge on any atom is -0.422 e. The molecule has 0 N–H and O–H groups in total. The fourth-order valence-electron chi connectivity index (χ4n) is 3.57. The van der Waals surface area contributed by atoms with E-state index in [4.69, 9.17) is 4.74 Å². The lowest BCUT2D eigenvalue weighted by atomic mass is 10.1. The lowest BCUT2D eigenvalue weighted by Crippen LogP contribution is -2.06. The number of aromatic nitrogens is 2. The smallest absolute Gasteiger partial charge is 0.353 e. The van der Waals surface area contributed by atoms with E-state index in [1.807, 2.05) is 36.7 Å². The molecule has 0 amide bonds. The Morgan fingerprint density at radius 3 is 2.12 bits per heavy atom. The normalized spacial score (nSPS) is 10.9. The Morgan fingerprint density at radius 2 is 1.47 bits per heavy atom. The summed E-state index contributed by atoms with van der Waals surface area (Å²) in [6.07, 6.45) is 15.8. The maximum absolute atomic E-state index is 12.5. The number of hydrogen-bond donors (Lipinski definition) is 0. The van der Waals surface area contributed by atoms with E-state index in [9.17, 15) is 4.79 Å². The van der Waals surface area contributed by atoms with Gasteiger partial charge in [0, 0.05) is 22.8 Å². The molecule has 2 heterocycles. The second kappa shape index (κ2) is 13.1. The second-order valence-corrected chi connectivity index (χ2v) is 9.38. The van der Waals surface area contributed by atoms with Crippen molar-refractivity contribution >= 4 is 17.3 Å². The largest absolute Gasteiger partial charge is 0.422 e. The molecule has 1 aromatic carbocycles. The van der Waals surface area contributed by atoms with Crippen LogP contribution < -0.4 is 4.74 Å². The molecule has 3 rings (SSSR count). The first kappa shape index (κ1) is 24.1. The van der Waals surface area contributed by atoms with Gasteiger partial charge in [-0.3, -0.25) is 0 Å². The number of ether oxygens (including phenoxy) is 1. The van der Waals surface area contributed by atoms with Crippen molar-refractivity contribution < 1.29 is 9.53 Å². The third kappa shape index (κ3) is 7.56. The highest BCUT2D eigenvalue weighted by molar-refractivity contribution is 7.13. The van der Waals surface area contributed by atoms with Crippen LogP contribution in [0.4, 0.5) is 0 Å². The SMILES string of the molecule is CCCCCCc1cnc(-c2ccc(OC(=O)c3ccc(CCCCCC)s3)cc2)nc1. The van der Waals surface area contributed by atoms with Gasteiger partial charge in [0.25, 0.3) is 0 Å². The molecular formula is C27H34N2O2S. The van der Waals surface area contributed by atoms with E-state index in [0.717, 1.165) is 18.4 Å². The number of aryl methyl sites for hydroxylation is 2. The first-order valence-corrected chi connectivity index (χ1v) is 12.7. The number of benzene rings is 1. The number of unbranched alkanes of at least 4 members (excludes halogenated alkanes) is 6. The number of rotatable bonds is 13. The van der Waals surface area contributed by atoms with Gasteiger partial charge < -0.3 is 4.74 Å². The molecule has 0 radical (unpaired) electrons. The molecule has 0 unspecified atom stereocenters. The molecule has 5 heteroatoms. The van der Waals surface area contributed by atoms with Crippen LogP contribution in [0, 0.1) is 0 Å². The molecule has 170 valence electrons. The summed E-state index contributed by atoms with van der Waals surface area (Å²) in [5.41, 5.74) is 2.09. The first-order chi connectivity index (χ1) is 15.7. The van der Waals surface area contributed by atoms with Gasteiger partial charge in [0.05, 0.1) is 0 Å². The predicted molar refractivity (Wildman–Crippen MR) is 132 cm³/mol. The number of esters is 1. The van der Waals surface area contributed by atoms with Crippen LogP contribution in [0.25, 0.3) is 11.4 Å². The van der Waals surface area contributed by atoms with Crippen molar-refractivity contribution in [1.29, 1.82) is 0 Å². The summed E-state index contributed by atoms with van der Waals surface area (Å²) in [7, 11) is 0. The maximum atomic E-state index is 12.5. The molecule has 0 saturated carbocycles. The van der Waals surface area contributed by atoms with Crippen molar-refractivity contribution in [1.82, 2.24) is 9.97 Å². The number of carbonyl (C=O) groups excluding carboxylic acids is 1. The standard InChI is InChI=1S/C27H34N2O2S/c1-3-5-7-9-11-21-19-28-26(29-20-21)22-13-15-23(16-14-22)31-27(30)25-18-17-24(32-25)12-10-8-6-4-2/h13-20H,3-12H2,1-2H3. The van der Waals surface area contributed by atoms with Gasteiger partial charge in [-0.15, -0.1) is 11.3 Å². The van der Waals surface area contributed by atoms with E-state index in [1.54, 1.807) is 12.1 Å². The number of nitrogens with zero attached hydrogens (tertiary/aromatic N) is 2.